The molecule has 0 bridgehead atoms. The lowest BCUT2D eigenvalue weighted by Gasteiger charge is -2.18. The molecule has 2 aromatic rings. The second kappa shape index (κ2) is 7.57. The van der Waals surface area contributed by atoms with Crippen LogP contribution in [0.5, 0.6) is 11.5 Å². The summed E-state index contributed by atoms with van der Waals surface area (Å²) in [4.78, 5) is 12.1. The van der Waals surface area contributed by atoms with Crippen molar-refractivity contribution in [2.45, 2.75) is 36.9 Å². The van der Waals surface area contributed by atoms with Gasteiger partial charge in [-0.25, -0.2) is 0 Å². The smallest absolute Gasteiger partial charge is 0.230 e. The highest BCUT2D eigenvalue weighted by molar-refractivity contribution is 7.99. The van der Waals surface area contributed by atoms with E-state index in [0.717, 1.165) is 40.9 Å². The third kappa shape index (κ3) is 3.65. The molecule has 1 N–H and O–H groups in total. The monoisotopic (exact) mass is 374 g/mol. The van der Waals surface area contributed by atoms with Crippen molar-refractivity contribution in [3.63, 3.8) is 0 Å². The fourth-order valence-corrected chi connectivity index (χ4v) is 4.07. The maximum atomic E-state index is 12.1. The number of nitrogens with zero attached hydrogens (tertiary/aromatic N) is 3. The molecular formula is C18H22N4O3S. The molecule has 1 aliphatic heterocycles. The first-order valence-electron chi connectivity index (χ1n) is 8.92. The van der Waals surface area contributed by atoms with E-state index in [0.29, 0.717) is 25.0 Å². The third-order valence-corrected chi connectivity index (χ3v) is 5.71. The molecule has 1 amide bonds. The highest BCUT2D eigenvalue weighted by Crippen LogP contribution is 2.34. The molecule has 1 aliphatic carbocycles. The molecule has 2 aliphatic rings. The number of ether oxygens (including phenoxy) is 2. The number of rotatable bonds is 5. The van der Waals surface area contributed by atoms with Gasteiger partial charge >= 0.3 is 0 Å². The number of carbonyl (C=O) groups excluding carboxylic acids is 1. The molecule has 4 rings (SSSR count). The van der Waals surface area contributed by atoms with Gasteiger partial charge in [-0.3, -0.25) is 4.79 Å². The van der Waals surface area contributed by atoms with Crippen LogP contribution >= 0.6 is 11.8 Å². The van der Waals surface area contributed by atoms with E-state index in [-0.39, 0.29) is 5.91 Å². The molecule has 1 fully saturated rings. The standard InChI is InChI=1S/C18H22N4O3S/c1-22-17(12-6-7-14-15(10-12)25-9-8-24-14)20-21-18(22)26-11-16(23)19-13-4-2-3-5-13/h6-7,10,13H,2-5,8-9,11H2,1H3,(H,19,23). The Morgan fingerprint density at radius 3 is 2.81 bits per heavy atom. The molecule has 26 heavy (non-hydrogen) atoms. The summed E-state index contributed by atoms with van der Waals surface area (Å²) >= 11 is 1.40. The van der Waals surface area contributed by atoms with E-state index in [4.69, 9.17) is 9.47 Å². The Hall–Kier alpha value is -2.22. The van der Waals surface area contributed by atoms with E-state index in [1.54, 1.807) is 0 Å². The van der Waals surface area contributed by atoms with Crippen molar-refractivity contribution in [2.24, 2.45) is 7.05 Å². The van der Waals surface area contributed by atoms with Gasteiger partial charge in [-0.2, -0.15) is 0 Å². The zero-order valence-electron chi connectivity index (χ0n) is 14.7. The first kappa shape index (κ1) is 17.2. The molecule has 8 heteroatoms. The van der Waals surface area contributed by atoms with Crippen molar-refractivity contribution in [3.05, 3.63) is 18.2 Å². The highest BCUT2D eigenvalue weighted by atomic mass is 32.2. The number of thioether (sulfide) groups is 1. The number of hydrogen-bond donors (Lipinski definition) is 1. The van der Waals surface area contributed by atoms with Gasteiger partial charge in [0.05, 0.1) is 5.75 Å². The molecule has 7 nitrogen and oxygen atoms in total. The number of carbonyl (C=O) groups is 1. The zero-order valence-corrected chi connectivity index (χ0v) is 15.6. The fraction of sp³-hybridized carbons (Fsp3) is 0.500. The predicted octanol–water partition coefficient (Wildman–Crippen LogP) is 2.40. The maximum Gasteiger partial charge on any atom is 0.230 e. The first-order valence-corrected chi connectivity index (χ1v) is 9.91. The van der Waals surface area contributed by atoms with Gasteiger partial charge in [0.1, 0.15) is 13.2 Å². The second-order valence-electron chi connectivity index (χ2n) is 6.56. The topological polar surface area (TPSA) is 78.3 Å². The van der Waals surface area contributed by atoms with Crippen LogP contribution < -0.4 is 14.8 Å². The number of fused-ring (bicyclic) bond motifs is 1. The van der Waals surface area contributed by atoms with E-state index in [9.17, 15) is 4.79 Å². The van der Waals surface area contributed by atoms with E-state index in [2.05, 4.69) is 15.5 Å². The van der Waals surface area contributed by atoms with Crippen LogP contribution in [0.4, 0.5) is 0 Å². The van der Waals surface area contributed by atoms with E-state index < -0.39 is 0 Å². The summed E-state index contributed by atoms with van der Waals surface area (Å²) in [6.45, 7) is 1.12. The first-order chi connectivity index (χ1) is 12.7. The fourth-order valence-electron chi connectivity index (χ4n) is 3.34. The van der Waals surface area contributed by atoms with Crippen LogP contribution in [-0.2, 0) is 11.8 Å². The minimum absolute atomic E-state index is 0.0609. The quantitative estimate of drug-likeness (QED) is 0.810. The van der Waals surface area contributed by atoms with Gasteiger partial charge in [-0.15, -0.1) is 10.2 Å². The van der Waals surface area contributed by atoms with Gasteiger partial charge in [0.15, 0.2) is 22.5 Å². The van der Waals surface area contributed by atoms with E-state index >= 15 is 0 Å². The highest BCUT2D eigenvalue weighted by Gasteiger charge is 2.19. The molecular weight excluding hydrogens is 352 g/mol. The van der Waals surface area contributed by atoms with Gasteiger partial charge in [-0.1, -0.05) is 24.6 Å². The summed E-state index contributed by atoms with van der Waals surface area (Å²) in [5.41, 5.74) is 0.909. The Morgan fingerprint density at radius 1 is 1.23 bits per heavy atom. The van der Waals surface area contributed by atoms with Crippen molar-refractivity contribution in [1.29, 1.82) is 0 Å². The summed E-state index contributed by atoms with van der Waals surface area (Å²) < 4.78 is 13.1. The number of benzene rings is 1. The molecule has 138 valence electrons. The molecule has 2 heterocycles. The predicted molar refractivity (Wildman–Crippen MR) is 98.6 cm³/mol. The van der Waals surface area contributed by atoms with Gasteiger partial charge in [0, 0.05) is 18.7 Å². The third-order valence-electron chi connectivity index (χ3n) is 4.69. The van der Waals surface area contributed by atoms with Crippen molar-refractivity contribution in [1.82, 2.24) is 20.1 Å². The zero-order chi connectivity index (χ0) is 17.9. The minimum atomic E-state index is 0.0609. The molecule has 1 aromatic carbocycles. The van der Waals surface area contributed by atoms with Crippen molar-refractivity contribution in [2.75, 3.05) is 19.0 Å². The Labute approximate surface area is 156 Å². The van der Waals surface area contributed by atoms with Crippen molar-refractivity contribution >= 4 is 17.7 Å². The Morgan fingerprint density at radius 2 is 2.00 bits per heavy atom. The van der Waals surface area contributed by atoms with E-state index in [1.807, 2.05) is 29.8 Å². The van der Waals surface area contributed by atoms with Crippen molar-refractivity contribution in [3.8, 4) is 22.9 Å². The van der Waals surface area contributed by atoms with Gasteiger partial charge in [0.2, 0.25) is 5.91 Å². The van der Waals surface area contributed by atoms with Crippen LogP contribution in [0.3, 0.4) is 0 Å². The molecule has 0 radical (unpaired) electrons. The summed E-state index contributed by atoms with van der Waals surface area (Å²) in [6, 6.07) is 6.09. The normalized spacial score (nSPS) is 16.7. The number of nitrogens with one attached hydrogen (secondary N) is 1. The number of hydrogen-bond acceptors (Lipinski definition) is 6. The van der Waals surface area contributed by atoms with Crippen LogP contribution in [-0.4, -0.2) is 45.7 Å². The summed E-state index contributed by atoms with van der Waals surface area (Å²) in [7, 11) is 1.91. The van der Waals surface area contributed by atoms with Crippen molar-refractivity contribution < 1.29 is 14.3 Å². The summed E-state index contributed by atoms with van der Waals surface area (Å²) in [5.74, 6) is 2.62. The van der Waals surface area contributed by atoms with Crippen LogP contribution in [0.15, 0.2) is 23.4 Å². The maximum absolute atomic E-state index is 12.1. The molecule has 1 saturated carbocycles. The molecule has 0 saturated heterocycles. The van der Waals surface area contributed by atoms with Crippen LogP contribution in [0.1, 0.15) is 25.7 Å². The summed E-state index contributed by atoms with van der Waals surface area (Å²) in [6.07, 6.45) is 4.60. The Balaban J connectivity index is 1.42. The van der Waals surface area contributed by atoms with Crippen LogP contribution in [0.2, 0.25) is 0 Å². The lowest BCUT2D eigenvalue weighted by atomic mass is 10.2. The lowest BCUT2D eigenvalue weighted by molar-refractivity contribution is -0.119. The second-order valence-corrected chi connectivity index (χ2v) is 7.50. The van der Waals surface area contributed by atoms with Gasteiger partial charge in [0.25, 0.3) is 0 Å². The average molecular weight is 374 g/mol. The number of aromatic nitrogens is 3. The molecule has 0 unspecified atom stereocenters. The Bertz CT molecular complexity index is 802. The summed E-state index contributed by atoms with van der Waals surface area (Å²) in [5, 5.41) is 12.3. The average Bonchev–Trinajstić information content (AvgIpc) is 3.29. The lowest BCUT2D eigenvalue weighted by Crippen LogP contribution is -2.33. The van der Waals surface area contributed by atoms with Gasteiger partial charge < -0.3 is 19.4 Å². The SMILES string of the molecule is Cn1c(SCC(=O)NC2CCCC2)nnc1-c1ccc2c(c1)OCCO2. The van der Waals surface area contributed by atoms with Gasteiger partial charge in [-0.05, 0) is 31.0 Å². The van der Waals surface area contributed by atoms with E-state index in [1.165, 1.54) is 24.6 Å². The molecule has 0 spiro atoms. The number of amides is 1. The van der Waals surface area contributed by atoms with Crippen LogP contribution in [0.25, 0.3) is 11.4 Å². The minimum Gasteiger partial charge on any atom is -0.486 e. The molecule has 0 atom stereocenters. The Kier molecular flexibility index (Phi) is 5.01. The van der Waals surface area contributed by atoms with Crippen LogP contribution in [0, 0.1) is 0 Å². The molecule has 1 aromatic heterocycles. The largest absolute Gasteiger partial charge is 0.486 e.